The topological polar surface area (TPSA) is 98.9 Å². The number of ether oxygens (including phenoxy) is 2. The quantitative estimate of drug-likeness (QED) is 0.530. The fourth-order valence-electron chi connectivity index (χ4n) is 3.60. The van der Waals surface area contributed by atoms with Crippen molar-refractivity contribution in [2.24, 2.45) is 11.7 Å². The van der Waals surface area contributed by atoms with E-state index in [4.69, 9.17) is 26.8 Å². The number of nitrogens with two attached hydrogens (primary N) is 1. The number of amides is 1. The lowest BCUT2D eigenvalue weighted by atomic mass is 9.74. The number of carbonyl (C=O) groups excluding carboxylic acids is 3. The fraction of sp³-hybridized carbons (Fsp3) is 0.571. The van der Waals surface area contributed by atoms with Gasteiger partial charge in [-0.25, -0.2) is 4.79 Å². The van der Waals surface area contributed by atoms with Crippen LogP contribution >= 0.6 is 11.6 Å². The Balaban J connectivity index is 2.13. The zero-order valence-electron chi connectivity index (χ0n) is 17.2. The van der Waals surface area contributed by atoms with E-state index in [9.17, 15) is 14.4 Å². The van der Waals surface area contributed by atoms with Crippen molar-refractivity contribution in [1.82, 2.24) is 4.90 Å². The molecule has 0 saturated heterocycles. The lowest BCUT2D eigenvalue weighted by Crippen LogP contribution is -2.54. The highest BCUT2D eigenvalue weighted by molar-refractivity contribution is 6.31. The summed E-state index contributed by atoms with van der Waals surface area (Å²) in [5, 5.41) is 0.411. The third kappa shape index (κ3) is 4.90. The first-order valence-corrected chi connectivity index (χ1v) is 10.2. The molecule has 1 fully saturated rings. The normalized spacial score (nSPS) is 21.2. The second kappa shape index (κ2) is 10.1. The number of Topliss-reactive ketones (excluding diaryl/α,β-unsaturated/α-hetero) is 1. The van der Waals surface area contributed by atoms with Crippen molar-refractivity contribution >= 4 is 29.4 Å². The molecule has 29 heavy (non-hydrogen) atoms. The maximum Gasteiger partial charge on any atom is 0.413 e. The fourth-order valence-corrected chi connectivity index (χ4v) is 3.89. The van der Waals surface area contributed by atoms with Crippen LogP contribution in [-0.2, 0) is 24.6 Å². The molecule has 1 aromatic rings. The molecule has 0 spiro atoms. The molecule has 1 unspecified atom stereocenters. The van der Waals surface area contributed by atoms with E-state index in [1.165, 1.54) is 11.9 Å². The van der Waals surface area contributed by atoms with Crippen molar-refractivity contribution in [3.05, 3.63) is 34.9 Å². The highest BCUT2D eigenvalue weighted by Gasteiger charge is 2.48. The maximum atomic E-state index is 13.0. The molecule has 1 saturated carbocycles. The van der Waals surface area contributed by atoms with Gasteiger partial charge in [-0.2, -0.15) is 0 Å². The molecular formula is C21H29ClN2O5. The molecule has 3 atom stereocenters. The zero-order chi connectivity index (χ0) is 21.6. The summed E-state index contributed by atoms with van der Waals surface area (Å²) in [6.07, 6.45) is 2.28. The molecule has 2 rings (SSSR count). The first kappa shape index (κ1) is 23.2. The molecule has 0 heterocycles. The molecule has 1 aliphatic carbocycles. The van der Waals surface area contributed by atoms with Gasteiger partial charge in [0.2, 0.25) is 6.79 Å². The average Bonchev–Trinajstić information content (AvgIpc) is 2.72. The van der Waals surface area contributed by atoms with Gasteiger partial charge in [-0.05, 0) is 31.2 Å². The molecule has 7 nitrogen and oxygen atoms in total. The summed E-state index contributed by atoms with van der Waals surface area (Å²) in [6, 6.07) is 6.21. The van der Waals surface area contributed by atoms with Crippen LogP contribution in [0.3, 0.4) is 0 Å². The lowest BCUT2D eigenvalue weighted by Gasteiger charge is -2.43. The van der Waals surface area contributed by atoms with E-state index in [2.05, 4.69) is 0 Å². The van der Waals surface area contributed by atoms with Gasteiger partial charge < -0.3 is 15.2 Å². The Labute approximate surface area is 176 Å². The van der Waals surface area contributed by atoms with E-state index in [1.54, 1.807) is 24.3 Å². The number of rotatable bonds is 7. The highest BCUT2D eigenvalue weighted by atomic mass is 35.5. The smallest absolute Gasteiger partial charge is 0.413 e. The Hall–Kier alpha value is -2.12. The summed E-state index contributed by atoms with van der Waals surface area (Å²) in [5.41, 5.74) is 5.18. The van der Waals surface area contributed by atoms with Gasteiger partial charge >= 0.3 is 12.1 Å². The minimum Gasteiger partial charge on any atom is -0.427 e. The standard InChI is InChI=1S/C21H29ClN2O5/c1-4-14(2)18(23)19(26)28-13-29-20(27)24(3)21(12-8-7-11-17(21)25)15-9-5-6-10-16(15)22/h5-6,9-10,14,18H,4,7-8,11-13,23H2,1-3H3/t14?,18-,21-/m0/s1. The van der Waals surface area contributed by atoms with Crippen molar-refractivity contribution in [3.8, 4) is 0 Å². The molecule has 0 bridgehead atoms. The molecule has 1 aliphatic rings. The van der Waals surface area contributed by atoms with Crippen LogP contribution in [0.4, 0.5) is 4.79 Å². The number of hydrogen-bond donors (Lipinski definition) is 1. The summed E-state index contributed by atoms with van der Waals surface area (Å²) in [7, 11) is 1.50. The van der Waals surface area contributed by atoms with Gasteiger partial charge in [-0.3, -0.25) is 14.5 Å². The highest BCUT2D eigenvalue weighted by Crippen LogP contribution is 2.42. The van der Waals surface area contributed by atoms with Gasteiger partial charge in [0, 0.05) is 24.1 Å². The minimum atomic E-state index is -1.20. The monoisotopic (exact) mass is 424 g/mol. The van der Waals surface area contributed by atoms with E-state index in [0.717, 1.165) is 19.3 Å². The van der Waals surface area contributed by atoms with E-state index in [0.29, 0.717) is 23.4 Å². The number of hydrogen-bond acceptors (Lipinski definition) is 6. The van der Waals surface area contributed by atoms with E-state index in [1.807, 2.05) is 13.8 Å². The number of likely N-dealkylation sites (N-methyl/N-ethyl adjacent to an activating group) is 1. The minimum absolute atomic E-state index is 0.0516. The summed E-state index contributed by atoms with van der Waals surface area (Å²) in [5.74, 6) is -0.777. The van der Waals surface area contributed by atoms with Gasteiger partial charge in [-0.1, -0.05) is 50.1 Å². The van der Waals surface area contributed by atoms with Gasteiger partial charge in [0.05, 0.1) is 0 Å². The van der Waals surface area contributed by atoms with Gasteiger partial charge in [0.25, 0.3) is 0 Å². The predicted octanol–water partition coefficient (Wildman–Crippen LogP) is 3.62. The molecule has 0 aliphatic heterocycles. The summed E-state index contributed by atoms with van der Waals surface area (Å²) < 4.78 is 10.1. The first-order chi connectivity index (χ1) is 13.8. The molecule has 160 valence electrons. The van der Waals surface area contributed by atoms with E-state index >= 15 is 0 Å². The third-order valence-corrected chi connectivity index (χ3v) is 6.06. The number of esters is 1. The Kier molecular flexibility index (Phi) is 8.05. The Bertz CT molecular complexity index is 756. The Morgan fingerprint density at radius 3 is 2.59 bits per heavy atom. The van der Waals surface area contributed by atoms with E-state index in [-0.39, 0.29) is 11.7 Å². The SMILES string of the molecule is CCC(C)[C@H](N)C(=O)OCOC(=O)N(C)[C@]1(c2ccccc2Cl)CCCCC1=O. The molecule has 1 aromatic carbocycles. The van der Waals surface area contributed by atoms with Gasteiger partial charge in [-0.15, -0.1) is 0 Å². The van der Waals surface area contributed by atoms with Gasteiger partial charge in [0.15, 0.2) is 5.78 Å². The second-order valence-electron chi connectivity index (χ2n) is 7.43. The number of ketones is 1. The predicted molar refractivity (Wildman–Crippen MR) is 109 cm³/mol. The zero-order valence-corrected chi connectivity index (χ0v) is 17.9. The summed E-state index contributed by atoms with van der Waals surface area (Å²) in [6.45, 7) is 3.19. The Morgan fingerprint density at radius 1 is 1.28 bits per heavy atom. The molecule has 0 aromatic heterocycles. The van der Waals surface area contributed by atoms with Crippen molar-refractivity contribution < 1.29 is 23.9 Å². The van der Waals surface area contributed by atoms with Crippen LogP contribution in [-0.4, -0.2) is 42.6 Å². The second-order valence-corrected chi connectivity index (χ2v) is 7.84. The average molecular weight is 425 g/mol. The third-order valence-electron chi connectivity index (χ3n) is 5.73. The number of benzene rings is 1. The molecular weight excluding hydrogens is 396 g/mol. The molecule has 8 heteroatoms. The summed E-state index contributed by atoms with van der Waals surface area (Å²) >= 11 is 6.37. The molecule has 2 N–H and O–H groups in total. The van der Waals surface area contributed by atoms with Crippen molar-refractivity contribution in [3.63, 3.8) is 0 Å². The maximum absolute atomic E-state index is 13.0. The van der Waals surface area contributed by atoms with Crippen molar-refractivity contribution in [2.45, 2.75) is 57.5 Å². The number of nitrogens with zero attached hydrogens (tertiary/aromatic N) is 1. The van der Waals surface area contributed by atoms with Crippen LogP contribution in [0, 0.1) is 5.92 Å². The first-order valence-electron chi connectivity index (χ1n) is 9.86. The van der Waals surface area contributed by atoms with Crippen LogP contribution in [0.15, 0.2) is 24.3 Å². The number of carbonyl (C=O) groups is 3. The molecule has 0 radical (unpaired) electrons. The van der Waals surface area contributed by atoms with E-state index < -0.39 is 30.4 Å². The van der Waals surface area contributed by atoms with Crippen LogP contribution in [0.5, 0.6) is 0 Å². The lowest BCUT2D eigenvalue weighted by molar-refractivity contribution is -0.156. The largest absolute Gasteiger partial charge is 0.427 e. The van der Waals surface area contributed by atoms with Crippen LogP contribution < -0.4 is 5.73 Å². The van der Waals surface area contributed by atoms with Crippen LogP contribution in [0.2, 0.25) is 5.02 Å². The summed E-state index contributed by atoms with van der Waals surface area (Å²) in [4.78, 5) is 38.9. The van der Waals surface area contributed by atoms with Gasteiger partial charge in [0.1, 0.15) is 11.6 Å². The van der Waals surface area contributed by atoms with Crippen molar-refractivity contribution in [1.29, 1.82) is 0 Å². The van der Waals surface area contributed by atoms with Crippen molar-refractivity contribution in [2.75, 3.05) is 13.8 Å². The van der Waals surface area contributed by atoms with Crippen LogP contribution in [0.1, 0.15) is 51.5 Å². The number of halogens is 1. The molecule has 1 amide bonds. The van der Waals surface area contributed by atoms with Crippen LogP contribution in [0.25, 0.3) is 0 Å². The Morgan fingerprint density at radius 2 is 1.97 bits per heavy atom.